The summed E-state index contributed by atoms with van der Waals surface area (Å²) in [7, 11) is 3.30. The molecule has 0 aromatic heterocycles. The Balaban J connectivity index is 2.20. The van der Waals surface area contributed by atoms with Crippen LogP contribution in [0.1, 0.15) is 18.5 Å². The summed E-state index contributed by atoms with van der Waals surface area (Å²) in [6, 6.07) is 13.6. The van der Waals surface area contributed by atoms with Gasteiger partial charge in [0.1, 0.15) is 11.5 Å². The molecule has 3 nitrogen and oxygen atoms in total. The largest absolute Gasteiger partial charge is 0.497 e. The van der Waals surface area contributed by atoms with Crippen LogP contribution in [0.4, 0.5) is 5.69 Å². The van der Waals surface area contributed by atoms with Gasteiger partial charge in [-0.15, -0.1) is 0 Å². The second-order valence-electron chi connectivity index (χ2n) is 4.48. The quantitative estimate of drug-likeness (QED) is 0.878. The first-order valence-corrected chi connectivity index (χ1v) is 6.76. The van der Waals surface area contributed by atoms with Crippen LogP contribution in [0, 0.1) is 0 Å². The van der Waals surface area contributed by atoms with Gasteiger partial charge in [-0.1, -0.05) is 11.6 Å². The third-order valence-corrected chi connectivity index (χ3v) is 3.39. The van der Waals surface area contributed by atoms with Crippen molar-refractivity contribution >= 4 is 17.3 Å². The summed E-state index contributed by atoms with van der Waals surface area (Å²) in [6.45, 7) is 2.08. The zero-order valence-electron chi connectivity index (χ0n) is 11.8. The molecule has 0 saturated heterocycles. The van der Waals surface area contributed by atoms with Crippen LogP contribution in [-0.2, 0) is 0 Å². The van der Waals surface area contributed by atoms with Crippen LogP contribution in [0.15, 0.2) is 42.5 Å². The molecule has 0 aliphatic carbocycles. The third kappa shape index (κ3) is 3.36. The van der Waals surface area contributed by atoms with Crippen molar-refractivity contribution in [1.29, 1.82) is 0 Å². The summed E-state index contributed by atoms with van der Waals surface area (Å²) in [6.07, 6.45) is 0. The first kappa shape index (κ1) is 14.5. The minimum atomic E-state index is 0.108. The van der Waals surface area contributed by atoms with Crippen LogP contribution in [0.25, 0.3) is 0 Å². The van der Waals surface area contributed by atoms with Crippen LogP contribution in [0.3, 0.4) is 0 Å². The first-order valence-electron chi connectivity index (χ1n) is 6.38. The SMILES string of the molecule is COc1ccc(C(C)Nc2ccc(Cl)cc2)c(OC)c1. The molecule has 0 radical (unpaired) electrons. The highest BCUT2D eigenvalue weighted by molar-refractivity contribution is 6.30. The highest BCUT2D eigenvalue weighted by atomic mass is 35.5. The van der Waals surface area contributed by atoms with E-state index in [9.17, 15) is 0 Å². The topological polar surface area (TPSA) is 30.5 Å². The molecule has 0 aliphatic heterocycles. The molecule has 20 heavy (non-hydrogen) atoms. The van der Waals surface area contributed by atoms with E-state index in [-0.39, 0.29) is 6.04 Å². The number of halogens is 1. The molecule has 0 heterocycles. The Hall–Kier alpha value is -1.87. The minimum Gasteiger partial charge on any atom is -0.497 e. The van der Waals surface area contributed by atoms with Gasteiger partial charge in [0, 0.05) is 22.3 Å². The summed E-state index contributed by atoms with van der Waals surface area (Å²) in [4.78, 5) is 0. The van der Waals surface area contributed by atoms with E-state index in [0.717, 1.165) is 27.8 Å². The molecule has 0 fully saturated rings. The molecule has 1 atom stereocenters. The number of nitrogens with one attached hydrogen (secondary N) is 1. The molecule has 0 saturated carbocycles. The molecule has 1 N–H and O–H groups in total. The van der Waals surface area contributed by atoms with Crippen LogP contribution in [0.2, 0.25) is 5.02 Å². The van der Waals surface area contributed by atoms with Gasteiger partial charge in [0.25, 0.3) is 0 Å². The van der Waals surface area contributed by atoms with Gasteiger partial charge in [0.05, 0.1) is 20.3 Å². The van der Waals surface area contributed by atoms with Crippen molar-refractivity contribution in [3.8, 4) is 11.5 Å². The summed E-state index contributed by atoms with van der Waals surface area (Å²) < 4.78 is 10.6. The average Bonchev–Trinajstić information content (AvgIpc) is 2.48. The fourth-order valence-corrected chi connectivity index (χ4v) is 2.18. The highest BCUT2D eigenvalue weighted by Gasteiger charge is 2.12. The molecule has 0 bridgehead atoms. The molecule has 1 unspecified atom stereocenters. The summed E-state index contributed by atoms with van der Waals surface area (Å²) >= 11 is 5.88. The highest BCUT2D eigenvalue weighted by Crippen LogP contribution is 2.31. The summed E-state index contributed by atoms with van der Waals surface area (Å²) in [5.41, 5.74) is 2.09. The number of benzene rings is 2. The van der Waals surface area contributed by atoms with Gasteiger partial charge < -0.3 is 14.8 Å². The molecule has 106 valence electrons. The van der Waals surface area contributed by atoms with Crippen LogP contribution in [-0.4, -0.2) is 14.2 Å². The lowest BCUT2D eigenvalue weighted by atomic mass is 10.1. The number of methoxy groups -OCH3 is 2. The van der Waals surface area contributed by atoms with Crippen molar-refractivity contribution in [2.24, 2.45) is 0 Å². The van der Waals surface area contributed by atoms with Crippen LogP contribution < -0.4 is 14.8 Å². The normalized spacial score (nSPS) is 11.8. The zero-order valence-corrected chi connectivity index (χ0v) is 12.6. The van der Waals surface area contributed by atoms with Gasteiger partial charge >= 0.3 is 0 Å². The Morgan fingerprint density at radius 1 is 1.00 bits per heavy atom. The maximum Gasteiger partial charge on any atom is 0.127 e. The number of hydrogen-bond acceptors (Lipinski definition) is 3. The second-order valence-corrected chi connectivity index (χ2v) is 4.92. The third-order valence-electron chi connectivity index (χ3n) is 3.13. The van der Waals surface area contributed by atoms with E-state index in [2.05, 4.69) is 12.2 Å². The number of anilines is 1. The molecule has 4 heteroatoms. The lowest BCUT2D eigenvalue weighted by Crippen LogP contribution is -2.08. The molecule has 2 rings (SSSR count). The Bertz CT molecular complexity index is 569. The van der Waals surface area contributed by atoms with E-state index in [1.807, 2.05) is 42.5 Å². The first-order chi connectivity index (χ1) is 9.63. The van der Waals surface area contributed by atoms with E-state index < -0.39 is 0 Å². The molecular weight excluding hydrogens is 274 g/mol. The predicted molar refractivity (Wildman–Crippen MR) is 83.0 cm³/mol. The lowest BCUT2D eigenvalue weighted by molar-refractivity contribution is 0.390. The molecule has 0 aliphatic rings. The number of rotatable bonds is 5. The van der Waals surface area contributed by atoms with E-state index in [1.54, 1.807) is 14.2 Å². The van der Waals surface area contributed by atoms with Crippen molar-refractivity contribution in [3.05, 3.63) is 53.1 Å². The monoisotopic (exact) mass is 291 g/mol. The smallest absolute Gasteiger partial charge is 0.127 e. The van der Waals surface area contributed by atoms with Gasteiger partial charge in [0.15, 0.2) is 0 Å². The average molecular weight is 292 g/mol. The molecular formula is C16H18ClNO2. The fourth-order valence-electron chi connectivity index (χ4n) is 2.05. The zero-order chi connectivity index (χ0) is 14.5. The predicted octanol–water partition coefficient (Wildman–Crippen LogP) is 4.53. The maximum atomic E-state index is 5.88. The maximum absolute atomic E-state index is 5.88. The number of hydrogen-bond donors (Lipinski definition) is 1. The Morgan fingerprint density at radius 3 is 2.30 bits per heavy atom. The fraction of sp³-hybridized carbons (Fsp3) is 0.250. The van der Waals surface area contributed by atoms with Gasteiger partial charge in [-0.3, -0.25) is 0 Å². The van der Waals surface area contributed by atoms with E-state index in [4.69, 9.17) is 21.1 Å². The molecule has 0 spiro atoms. The van der Waals surface area contributed by atoms with Crippen molar-refractivity contribution in [3.63, 3.8) is 0 Å². The molecule has 0 amide bonds. The Morgan fingerprint density at radius 2 is 1.70 bits per heavy atom. The standard InChI is InChI=1S/C16H18ClNO2/c1-11(18-13-6-4-12(17)5-7-13)15-9-8-14(19-2)10-16(15)20-3/h4-11,18H,1-3H3. The van der Waals surface area contributed by atoms with Crippen molar-refractivity contribution in [1.82, 2.24) is 0 Å². The minimum absolute atomic E-state index is 0.108. The number of ether oxygens (including phenoxy) is 2. The van der Waals surface area contributed by atoms with Gasteiger partial charge in [-0.2, -0.15) is 0 Å². The van der Waals surface area contributed by atoms with Gasteiger partial charge in [-0.25, -0.2) is 0 Å². The molecule has 2 aromatic carbocycles. The van der Waals surface area contributed by atoms with E-state index in [0.29, 0.717) is 0 Å². The van der Waals surface area contributed by atoms with Crippen LogP contribution in [0.5, 0.6) is 11.5 Å². The van der Waals surface area contributed by atoms with Gasteiger partial charge in [-0.05, 0) is 43.3 Å². The van der Waals surface area contributed by atoms with Crippen molar-refractivity contribution in [2.45, 2.75) is 13.0 Å². The lowest BCUT2D eigenvalue weighted by Gasteiger charge is -2.19. The summed E-state index contributed by atoms with van der Waals surface area (Å²) in [5.74, 6) is 1.59. The van der Waals surface area contributed by atoms with Crippen molar-refractivity contribution < 1.29 is 9.47 Å². The van der Waals surface area contributed by atoms with E-state index in [1.165, 1.54) is 0 Å². The Labute approximate surface area is 124 Å². The van der Waals surface area contributed by atoms with Gasteiger partial charge in [0.2, 0.25) is 0 Å². The Kier molecular flexibility index (Phi) is 4.74. The summed E-state index contributed by atoms with van der Waals surface area (Å²) in [5, 5.41) is 4.15. The van der Waals surface area contributed by atoms with E-state index >= 15 is 0 Å². The molecule has 2 aromatic rings. The van der Waals surface area contributed by atoms with Crippen LogP contribution >= 0.6 is 11.6 Å². The second kappa shape index (κ2) is 6.53. The van der Waals surface area contributed by atoms with Crippen molar-refractivity contribution in [2.75, 3.05) is 19.5 Å².